The van der Waals surface area contributed by atoms with Gasteiger partial charge in [-0.2, -0.15) is 0 Å². The highest BCUT2D eigenvalue weighted by molar-refractivity contribution is 5.96. The van der Waals surface area contributed by atoms with Gasteiger partial charge in [0.25, 0.3) is 5.91 Å². The van der Waals surface area contributed by atoms with Gasteiger partial charge in [-0.1, -0.05) is 29.4 Å². The molecule has 0 aliphatic carbocycles. The summed E-state index contributed by atoms with van der Waals surface area (Å²) < 4.78 is 5.42. The Morgan fingerprint density at radius 2 is 2.00 bits per heavy atom. The van der Waals surface area contributed by atoms with Gasteiger partial charge < -0.3 is 14.3 Å². The fourth-order valence-electron chi connectivity index (χ4n) is 3.84. The molecule has 4 rings (SSSR count). The smallest absolute Gasteiger partial charge is 0.276 e. The van der Waals surface area contributed by atoms with Crippen molar-refractivity contribution in [2.75, 3.05) is 26.7 Å². The summed E-state index contributed by atoms with van der Waals surface area (Å²) in [5, 5.41) is 3.96. The number of amides is 2. The summed E-state index contributed by atoms with van der Waals surface area (Å²) in [6, 6.07) is 9.70. The van der Waals surface area contributed by atoms with E-state index in [9.17, 15) is 9.59 Å². The van der Waals surface area contributed by atoms with Gasteiger partial charge in [0, 0.05) is 39.3 Å². The van der Waals surface area contributed by atoms with E-state index in [0.717, 1.165) is 19.5 Å². The summed E-state index contributed by atoms with van der Waals surface area (Å²) in [7, 11) is 1.76. The molecule has 2 amide bonds. The summed E-state index contributed by atoms with van der Waals surface area (Å²) in [6.45, 7) is 5.23. The van der Waals surface area contributed by atoms with Gasteiger partial charge >= 0.3 is 0 Å². The number of hydrogen-bond donors (Lipinski definition) is 0. The number of aromatic nitrogens is 1. The van der Waals surface area contributed by atoms with Crippen LogP contribution in [0.4, 0.5) is 0 Å². The molecule has 1 aromatic carbocycles. The van der Waals surface area contributed by atoms with Crippen molar-refractivity contribution in [3.8, 4) is 0 Å². The molecule has 3 heterocycles. The van der Waals surface area contributed by atoms with E-state index in [-0.39, 0.29) is 17.5 Å². The van der Waals surface area contributed by atoms with Gasteiger partial charge in [-0.05, 0) is 24.5 Å². The molecule has 7 heteroatoms. The van der Waals surface area contributed by atoms with Gasteiger partial charge in [0.1, 0.15) is 6.04 Å². The molecular formula is C20H24N4O3. The van der Waals surface area contributed by atoms with Crippen LogP contribution in [-0.2, 0) is 24.3 Å². The third-order valence-corrected chi connectivity index (χ3v) is 5.51. The summed E-state index contributed by atoms with van der Waals surface area (Å²) in [5.41, 5.74) is 3.01. The van der Waals surface area contributed by atoms with Crippen LogP contribution in [0.2, 0.25) is 0 Å². The molecule has 1 atom stereocenters. The Hall–Kier alpha value is -2.67. The van der Waals surface area contributed by atoms with Crippen molar-refractivity contribution in [2.24, 2.45) is 0 Å². The normalized spacial score (nSPS) is 20.7. The van der Waals surface area contributed by atoms with Crippen molar-refractivity contribution in [1.29, 1.82) is 0 Å². The second-order valence-corrected chi connectivity index (χ2v) is 7.34. The number of nitrogens with zero attached hydrogens (tertiary/aromatic N) is 4. The Bertz CT molecular complexity index is 862. The minimum absolute atomic E-state index is 0.0506. The van der Waals surface area contributed by atoms with E-state index < -0.39 is 6.04 Å². The van der Waals surface area contributed by atoms with Gasteiger partial charge in [-0.25, -0.2) is 0 Å². The second-order valence-electron chi connectivity index (χ2n) is 7.34. The summed E-state index contributed by atoms with van der Waals surface area (Å²) in [6.07, 6.45) is 1.01. The number of likely N-dealkylation sites (N-methyl/N-ethyl adjacent to an activating group) is 1. The molecule has 1 fully saturated rings. The molecule has 1 saturated heterocycles. The highest BCUT2D eigenvalue weighted by Gasteiger charge is 2.34. The summed E-state index contributed by atoms with van der Waals surface area (Å²) >= 11 is 0. The molecular weight excluding hydrogens is 344 g/mol. The Labute approximate surface area is 158 Å². The fraction of sp³-hybridized carbons (Fsp3) is 0.450. The van der Waals surface area contributed by atoms with Gasteiger partial charge in [0.2, 0.25) is 5.91 Å². The van der Waals surface area contributed by atoms with E-state index in [1.807, 2.05) is 0 Å². The Kier molecular flexibility index (Phi) is 4.70. The molecule has 0 radical (unpaired) electrons. The molecule has 0 saturated carbocycles. The maximum absolute atomic E-state index is 12.8. The van der Waals surface area contributed by atoms with E-state index in [2.05, 4.69) is 34.3 Å². The van der Waals surface area contributed by atoms with Crippen molar-refractivity contribution >= 4 is 11.8 Å². The molecule has 7 nitrogen and oxygen atoms in total. The maximum Gasteiger partial charge on any atom is 0.276 e. The van der Waals surface area contributed by atoms with Crippen LogP contribution in [0.25, 0.3) is 0 Å². The average molecular weight is 368 g/mol. The van der Waals surface area contributed by atoms with Crippen LogP contribution in [-0.4, -0.2) is 64.4 Å². The number of carbonyl (C=O) groups excluding carboxylic acids is 2. The van der Waals surface area contributed by atoms with Gasteiger partial charge in [-0.15, -0.1) is 0 Å². The largest absolute Gasteiger partial charge is 0.359 e. The quantitative estimate of drug-likeness (QED) is 0.822. The van der Waals surface area contributed by atoms with Crippen LogP contribution in [0, 0.1) is 0 Å². The number of piperazine rings is 1. The van der Waals surface area contributed by atoms with E-state index in [0.29, 0.717) is 25.4 Å². The third kappa shape index (κ3) is 3.47. The number of rotatable bonds is 3. The predicted molar refractivity (Wildman–Crippen MR) is 98.9 cm³/mol. The van der Waals surface area contributed by atoms with Crippen molar-refractivity contribution in [3.63, 3.8) is 0 Å². The van der Waals surface area contributed by atoms with Crippen LogP contribution in [0.5, 0.6) is 0 Å². The standard InChI is InChI=1S/C20H24N4O3/c1-14-19(25)22(2)9-10-24(14)20(26)18-11-17(27-21-18)13-23-8-7-15-5-3-4-6-16(15)12-23/h3-6,11,14H,7-10,12-13H2,1-2H3. The first-order valence-corrected chi connectivity index (χ1v) is 9.33. The fourth-order valence-corrected chi connectivity index (χ4v) is 3.84. The Balaban J connectivity index is 1.42. The first-order chi connectivity index (χ1) is 13.0. The lowest BCUT2D eigenvalue weighted by Gasteiger charge is -2.36. The van der Waals surface area contributed by atoms with Crippen LogP contribution >= 0.6 is 0 Å². The molecule has 0 spiro atoms. The number of hydrogen-bond acceptors (Lipinski definition) is 5. The van der Waals surface area contributed by atoms with Crippen molar-refractivity contribution < 1.29 is 14.1 Å². The number of fused-ring (bicyclic) bond motifs is 1. The summed E-state index contributed by atoms with van der Waals surface area (Å²) in [4.78, 5) is 30.4. The average Bonchev–Trinajstić information content (AvgIpc) is 3.14. The molecule has 0 bridgehead atoms. The lowest BCUT2D eigenvalue weighted by atomic mass is 10.00. The first kappa shape index (κ1) is 17.7. The second kappa shape index (κ2) is 7.15. The maximum atomic E-state index is 12.8. The molecule has 0 N–H and O–H groups in total. The highest BCUT2D eigenvalue weighted by atomic mass is 16.5. The molecule has 27 heavy (non-hydrogen) atoms. The van der Waals surface area contributed by atoms with Gasteiger partial charge in [0.05, 0.1) is 6.54 Å². The molecule has 2 aromatic rings. The van der Waals surface area contributed by atoms with E-state index >= 15 is 0 Å². The molecule has 142 valence electrons. The number of benzene rings is 1. The van der Waals surface area contributed by atoms with E-state index in [1.165, 1.54) is 11.1 Å². The lowest BCUT2D eigenvalue weighted by molar-refractivity contribution is -0.137. The third-order valence-electron chi connectivity index (χ3n) is 5.51. The van der Waals surface area contributed by atoms with Gasteiger partial charge in [0.15, 0.2) is 11.5 Å². The van der Waals surface area contributed by atoms with Crippen molar-refractivity contribution in [2.45, 2.75) is 32.5 Å². The Morgan fingerprint density at radius 3 is 2.81 bits per heavy atom. The lowest BCUT2D eigenvalue weighted by Crippen LogP contribution is -2.56. The van der Waals surface area contributed by atoms with Crippen LogP contribution < -0.4 is 0 Å². The molecule has 1 aromatic heterocycles. The minimum Gasteiger partial charge on any atom is -0.359 e. The zero-order chi connectivity index (χ0) is 19.0. The first-order valence-electron chi connectivity index (χ1n) is 9.33. The van der Waals surface area contributed by atoms with E-state index in [1.54, 1.807) is 29.8 Å². The highest BCUT2D eigenvalue weighted by Crippen LogP contribution is 2.21. The molecule has 2 aliphatic heterocycles. The van der Waals surface area contributed by atoms with Crippen LogP contribution in [0.3, 0.4) is 0 Å². The minimum atomic E-state index is -0.477. The number of carbonyl (C=O) groups is 2. The predicted octanol–water partition coefficient (Wildman–Crippen LogP) is 1.54. The zero-order valence-electron chi connectivity index (χ0n) is 15.7. The van der Waals surface area contributed by atoms with Crippen LogP contribution in [0.15, 0.2) is 34.9 Å². The zero-order valence-corrected chi connectivity index (χ0v) is 15.7. The van der Waals surface area contributed by atoms with Gasteiger partial charge in [-0.3, -0.25) is 14.5 Å². The van der Waals surface area contributed by atoms with Crippen LogP contribution in [0.1, 0.15) is 34.3 Å². The topological polar surface area (TPSA) is 69.9 Å². The monoisotopic (exact) mass is 368 g/mol. The van der Waals surface area contributed by atoms with Crippen molar-refractivity contribution in [3.05, 3.63) is 52.9 Å². The SMILES string of the molecule is CC1C(=O)N(C)CCN1C(=O)c1cc(CN2CCc3ccccc3C2)on1. The van der Waals surface area contributed by atoms with E-state index in [4.69, 9.17) is 4.52 Å². The molecule has 1 unspecified atom stereocenters. The Morgan fingerprint density at radius 1 is 1.22 bits per heavy atom. The molecule has 2 aliphatic rings. The summed E-state index contributed by atoms with van der Waals surface area (Å²) in [5.74, 6) is 0.374. The van der Waals surface area contributed by atoms with Crippen molar-refractivity contribution in [1.82, 2.24) is 19.9 Å².